The van der Waals surface area contributed by atoms with E-state index in [1.807, 2.05) is 20.2 Å². The lowest BCUT2D eigenvalue weighted by Gasteiger charge is -2.32. The maximum absolute atomic E-state index is 4.96. The van der Waals surface area contributed by atoms with Gasteiger partial charge in [0, 0.05) is 57.9 Å². The zero-order valence-corrected chi connectivity index (χ0v) is 14.1. The lowest BCUT2D eigenvalue weighted by atomic mass is 9.95. The third-order valence-electron chi connectivity index (χ3n) is 4.61. The van der Waals surface area contributed by atoms with Gasteiger partial charge in [0.05, 0.1) is 11.2 Å². The normalized spacial score (nSPS) is 18.1. The molecule has 0 unspecified atom stereocenters. The number of hydrogen-bond donors (Lipinski definition) is 0. The minimum atomic E-state index is 0.396. The van der Waals surface area contributed by atoms with Crippen LogP contribution < -0.4 is 9.80 Å². The summed E-state index contributed by atoms with van der Waals surface area (Å²) in [5, 5.41) is 0. The number of rotatable bonds is 3. The van der Waals surface area contributed by atoms with Crippen molar-refractivity contribution in [3.63, 3.8) is 0 Å². The molecule has 0 aliphatic carbocycles. The molecule has 124 valence electrons. The Morgan fingerprint density at radius 1 is 1.17 bits per heavy atom. The molecule has 0 bridgehead atoms. The summed E-state index contributed by atoms with van der Waals surface area (Å²) in [4.78, 5) is 18.1. The molecular formula is C18H22N6. The second-order valence-corrected chi connectivity index (χ2v) is 6.52. The molecule has 0 radical (unpaired) electrons. The fourth-order valence-electron chi connectivity index (χ4n) is 3.43. The van der Waals surface area contributed by atoms with E-state index in [9.17, 15) is 0 Å². The van der Waals surface area contributed by atoms with Crippen molar-refractivity contribution in [3.8, 4) is 0 Å². The standard InChI is InChI=1S/C18H22N6/c1-22(2)17-16-7-4-10-23(16)13-15(21-17)14-6-3-11-24(12-14)18-19-8-5-9-20-18/h4-5,7-10,13-14H,3,6,11-12H2,1-2H3/t14-/m1/s1. The molecule has 1 fully saturated rings. The monoisotopic (exact) mass is 322 g/mol. The van der Waals surface area contributed by atoms with Crippen molar-refractivity contribution in [2.45, 2.75) is 18.8 Å². The molecular weight excluding hydrogens is 300 g/mol. The van der Waals surface area contributed by atoms with E-state index in [2.05, 4.69) is 48.7 Å². The first-order valence-corrected chi connectivity index (χ1v) is 8.39. The van der Waals surface area contributed by atoms with E-state index >= 15 is 0 Å². The molecule has 0 amide bonds. The quantitative estimate of drug-likeness (QED) is 0.742. The summed E-state index contributed by atoms with van der Waals surface area (Å²) in [5.74, 6) is 2.23. The van der Waals surface area contributed by atoms with Gasteiger partial charge in [0.1, 0.15) is 0 Å². The van der Waals surface area contributed by atoms with Crippen LogP contribution in [0.25, 0.3) is 5.52 Å². The van der Waals surface area contributed by atoms with Crippen LogP contribution >= 0.6 is 0 Å². The fourth-order valence-corrected chi connectivity index (χ4v) is 3.43. The Labute approximate surface area is 141 Å². The first kappa shape index (κ1) is 14.9. The van der Waals surface area contributed by atoms with Crippen molar-refractivity contribution in [1.82, 2.24) is 19.4 Å². The largest absolute Gasteiger partial charge is 0.361 e. The first-order chi connectivity index (χ1) is 11.7. The fraction of sp³-hybridized carbons (Fsp3) is 0.389. The van der Waals surface area contributed by atoms with Gasteiger partial charge in [-0.05, 0) is 31.0 Å². The number of piperidine rings is 1. The Balaban J connectivity index is 1.67. The van der Waals surface area contributed by atoms with Crippen LogP contribution in [0.15, 0.2) is 43.0 Å². The van der Waals surface area contributed by atoms with Crippen LogP contribution in [0.5, 0.6) is 0 Å². The summed E-state index contributed by atoms with van der Waals surface area (Å²) >= 11 is 0. The molecule has 24 heavy (non-hydrogen) atoms. The smallest absolute Gasteiger partial charge is 0.225 e. The second kappa shape index (κ2) is 6.11. The van der Waals surface area contributed by atoms with Gasteiger partial charge < -0.3 is 14.2 Å². The number of nitrogens with zero attached hydrogens (tertiary/aromatic N) is 6. The minimum absolute atomic E-state index is 0.396. The predicted molar refractivity (Wildman–Crippen MR) is 95.7 cm³/mol. The SMILES string of the molecule is CN(C)c1nc([C@@H]2CCCN(c3ncccn3)C2)cn2cccc12. The minimum Gasteiger partial charge on any atom is -0.361 e. The van der Waals surface area contributed by atoms with Crippen molar-refractivity contribution in [1.29, 1.82) is 0 Å². The number of aromatic nitrogens is 4. The van der Waals surface area contributed by atoms with Gasteiger partial charge in [0.2, 0.25) is 5.95 Å². The van der Waals surface area contributed by atoms with Gasteiger partial charge in [-0.2, -0.15) is 0 Å². The van der Waals surface area contributed by atoms with E-state index in [0.29, 0.717) is 5.92 Å². The topological polar surface area (TPSA) is 49.6 Å². The molecule has 1 aliphatic heterocycles. The average Bonchev–Trinajstić information content (AvgIpc) is 3.10. The molecule has 0 aromatic carbocycles. The molecule has 0 saturated carbocycles. The van der Waals surface area contributed by atoms with Gasteiger partial charge in [-0.3, -0.25) is 0 Å². The van der Waals surface area contributed by atoms with Crippen molar-refractivity contribution in [2.75, 3.05) is 37.0 Å². The molecule has 0 N–H and O–H groups in total. The Morgan fingerprint density at radius 2 is 2.00 bits per heavy atom. The molecule has 4 rings (SSSR count). The van der Waals surface area contributed by atoms with Crippen LogP contribution in [0, 0.1) is 0 Å². The lowest BCUT2D eigenvalue weighted by molar-refractivity contribution is 0.494. The molecule has 1 aliphatic rings. The van der Waals surface area contributed by atoms with Gasteiger partial charge >= 0.3 is 0 Å². The molecule has 4 heterocycles. The van der Waals surface area contributed by atoms with Crippen LogP contribution in [0.2, 0.25) is 0 Å². The third kappa shape index (κ3) is 2.68. The zero-order chi connectivity index (χ0) is 16.5. The molecule has 6 nitrogen and oxygen atoms in total. The van der Waals surface area contributed by atoms with Crippen LogP contribution in [0.4, 0.5) is 11.8 Å². The number of hydrogen-bond acceptors (Lipinski definition) is 5. The molecule has 3 aromatic heterocycles. The van der Waals surface area contributed by atoms with E-state index in [-0.39, 0.29) is 0 Å². The summed E-state index contributed by atoms with van der Waals surface area (Å²) in [6.07, 6.45) is 10.2. The van der Waals surface area contributed by atoms with Gasteiger partial charge in [-0.15, -0.1) is 0 Å². The van der Waals surface area contributed by atoms with Crippen LogP contribution in [-0.2, 0) is 0 Å². The summed E-state index contributed by atoms with van der Waals surface area (Å²) in [5.41, 5.74) is 2.28. The van der Waals surface area contributed by atoms with Gasteiger partial charge in [0.25, 0.3) is 0 Å². The number of anilines is 2. The molecule has 6 heteroatoms. The second-order valence-electron chi connectivity index (χ2n) is 6.52. The van der Waals surface area contributed by atoms with Crippen LogP contribution in [0.1, 0.15) is 24.5 Å². The highest BCUT2D eigenvalue weighted by atomic mass is 15.3. The van der Waals surface area contributed by atoms with E-state index < -0.39 is 0 Å². The summed E-state index contributed by atoms with van der Waals surface area (Å²) in [7, 11) is 4.09. The lowest BCUT2D eigenvalue weighted by Crippen LogP contribution is -2.36. The summed E-state index contributed by atoms with van der Waals surface area (Å²) < 4.78 is 2.18. The van der Waals surface area contributed by atoms with Gasteiger partial charge in [-0.1, -0.05) is 0 Å². The van der Waals surface area contributed by atoms with Crippen molar-refractivity contribution in [2.24, 2.45) is 0 Å². The van der Waals surface area contributed by atoms with Gasteiger partial charge in [-0.25, -0.2) is 15.0 Å². The van der Waals surface area contributed by atoms with E-state index in [4.69, 9.17) is 4.98 Å². The zero-order valence-electron chi connectivity index (χ0n) is 14.1. The molecule has 1 saturated heterocycles. The van der Waals surface area contributed by atoms with Crippen LogP contribution in [-0.4, -0.2) is 46.5 Å². The highest BCUT2D eigenvalue weighted by molar-refractivity contribution is 5.69. The van der Waals surface area contributed by atoms with Crippen molar-refractivity contribution >= 4 is 17.3 Å². The Morgan fingerprint density at radius 3 is 2.79 bits per heavy atom. The van der Waals surface area contributed by atoms with E-state index in [1.165, 1.54) is 0 Å². The summed E-state index contributed by atoms with van der Waals surface area (Å²) in [6, 6.07) is 6.03. The third-order valence-corrected chi connectivity index (χ3v) is 4.61. The molecule has 3 aromatic rings. The average molecular weight is 322 g/mol. The van der Waals surface area contributed by atoms with Crippen molar-refractivity contribution in [3.05, 3.63) is 48.7 Å². The Hall–Kier alpha value is -2.63. The molecule has 0 spiro atoms. The highest BCUT2D eigenvalue weighted by Gasteiger charge is 2.25. The Bertz CT molecular complexity index is 826. The van der Waals surface area contributed by atoms with Gasteiger partial charge in [0.15, 0.2) is 5.82 Å². The van der Waals surface area contributed by atoms with Crippen LogP contribution in [0.3, 0.4) is 0 Å². The predicted octanol–water partition coefficient (Wildman–Crippen LogP) is 2.57. The maximum atomic E-state index is 4.96. The maximum Gasteiger partial charge on any atom is 0.225 e. The Kier molecular flexibility index (Phi) is 3.80. The molecule has 1 atom stereocenters. The number of fused-ring (bicyclic) bond motifs is 1. The van der Waals surface area contributed by atoms with Crippen molar-refractivity contribution < 1.29 is 0 Å². The van der Waals surface area contributed by atoms with E-state index in [0.717, 1.165) is 48.9 Å². The first-order valence-electron chi connectivity index (χ1n) is 8.39. The van der Waals surface area contributed by atoms with E-state index in [1.54, 1.807) is 12.4 Å². The summed E-state index contributed by atoms with van der Waals surface area (Å²) in [6.45, 7) is 1.92. The highest BCUT2D eigenvalue weighted by Crippen LogP contribution is 2.29.